The molecule has 2 aromatic heterocycles. The van der Waals surface area contributed by atoms with Crippen molar-refractivity contribution < 1.29 is 9.59 Å². The molecule has 0 aliphatic rings. The summed E-state index contributed by atoms with van der Waals surface area (Å²) in [5.74, 6) is -1.38. The number of hydrogen-bond donors (Lipinski definition) is 2. The molecule has 0 bridgehead atoms. The third-order valence-corrected chi connectivity index (χ3v) is 3.61. The molecule has 2 heterocycles. The van der Waals surface area contributed by atoms with Crippen LogP contribution in [-0.4, -0.2) is 27.5 Å². The number of primary amides is 2. The molecule has 4 N–H and O–H groups in total. The van der Waals surface area contributed by atoms with Gasteiger partial charge in [-0.15, -0.1) is 11.8 Å². The van der Waals surface area contributed by atoms with Gasteiger partial charge in [0.15, 0.2) is 5.65 Å². The molecule has 100 valence electrons. The van der Waals surface area contributed by atoms with E-state index in [4.69, 9.17) is 11.5 Å². The van der Waals surface area contributed by atoms with Crippen molar-refractivity contribution in [1.82, 2.24) is 9.38 Å². The first-order valence-corrected chi connectivity index (χ1v) is 6.77. The van der Waals surface area contributed by atoms with Gasteiger partial charge in [0.05, 0.1) is 16.2 Å². The van der Waals surface area contributed by atoms with Crippen LogP contribution >= 0.6 is 11.8 Å². The lowest BCUT2D eigenvalue weighted by atomic mass is 10.1. The summed E-state index contributed by atoms with van der Waals surface area (Å²) in [6.45, 7) is 3.68. The maximum Gasteiger partial charge on any atom is 0.253 e. The number of carbonyl (C=O) groups is 2. The summed E-state index contributed by atoms with van der Waals surface area (Å²) < 4.78 is 1.73. The van der Waals surface area contributed by atoms with E-state index in [0.29, 0.717) is 10.7 Å². The number of nitrogens with two attached hydrogens (primary N) is 2. The molecular formula is C12H14N4O2S. The van der Waals surface area contributed by atoms with E-state index in [2.05, 4.69) is 4.98 Å². The van der Waals surface area contributed by atoms with E-state index in [1.807, 2.05) is 19.9 Å². The highest BCUT2D eigenvalue weighted by atomic mass is 32.2. The number of aromatic nitrogens is 2. The summed E-state index contributed by atoms with van der Waals surface area (Å²) in [6.07, 6.45) is 1.80. The van der Waals surface area contributed by atoms with Crippen molar-refractivity contribution in [3.05, 3.63) is 28.6 Å². The van der Waals surface area contributed by atoms with Crippen LogP contribution in [0.2, 0.25) is 0 Å². The smallest absolute Gasteiger partial charge is 0.253 e. The van der Waals surface area contributed by atoms with Gasteiger partial charge in [-0.3, -0.25) is 14.0 Å². The Morgan fingerprint density at radius 2 is 1.79 bits per heavy atom. The first kappa shape index (κ1) is 13.4. The van der Waals surface area contributed by atoms with Crippen LogP contribution in [0.3, 0.4) is 0 Å². The Kier molecular flexibility index (Phi) is 3.23. The van der Waals surface area contributed by atoms with E-state index in [-0.39, 0.29) is 11.1 Å². The molecule has 0 aliphatic heterocycles. The highest BCUT2D eigenvalue weighted by Crippen LogP contribution is 2.30. The third kappa shape index (κ3) is 1.95. The Hall–Kier alpha value is -2.02. The van der Waals surface area contributed by atoms with Gasteiger partial charge in [-0.25, -0.2) is 4.98 Å². The number of nitrogens with zero attached hydrogens (tertiary/aromatic N) is 2. The highest BCUT2D eigenvalue weighted by Gasteiger charge is 2.27. The lowest BCUT2D eigenvalue weighted by Crippen LogP contribution is -2.19. The normalized spacial score (nSPS) is 10.9. The largest absolute Gasteiger partial charge is 0.365 e. The zero-order valence-corrected chi connectivity index (χ0v) is 11.7. The van der Waals surface area contributed by atoms with Crippen molar-refractivity contribution in [2.24, 2.45) is 11.5 Å². The molecule has 6 nitrogen and oxygen atoms in total. The van der Waals surface area contributed by atoms with Crippen molar-refractivity contribution in [2.45, 2.75) is 18.9 Å². The van der Waals surface area contributed by atoms with E-state index < -0.39 is 11.8 Å². The summed E-state index contributed by atoms with van der Waals surface area (Å²) in [5, 5.41) is 0.585. The van der Waals surface area contributed by atoms with Gasteiger partial charge in [0.2, 0.25) is 0 Å². The number of rotatable bonds is 3. The highest BCUT2D eigenvalue weighted by molar-refractivity contribution is 7.98. The van der Waals surface area contributed by atoms with Crippen LogP contribution < -0.4 is 11.5 Å². The Morgan fingerprint density at radius 3 is 2.26 bits per heavy atom. The van der Waals surface area contributed by atoms with E-state index >= 15 is 0 Å². The maximum absolute atomic E-state index is 11.6. The average molecular weight is 278 g/mol. The van der Waals surface area contributed by atoms with Gasteiger partial charge in [-0.05, 0) is 26.2 Å². The Labute approximate surface area is 114 Å². The van der Waals surface area contributed by atoms with Crippen molar-refractivity contribution in [2.75, 3.05) is 6.26 Å². The number of hydrogen-bond acceptors (Lipinski definition) is 4. The summed E-state index contributed by atoms with van der Waals surface area (Å²) in [5.41, 5.74) is 13.0. The van der Waals surface area contributed by atoms with Crippen molar-refractivity contribution in [1.29, 1.82) is 0 Å². The summed E-state index contributed by atoms with van der Waals surface area (Å²) in [7, 11) is 0. The van der Waals surface area contributed by atoms with Gasteiger partial charge in [0.25, 0.3) is 11.8 Å². The predicted octanol–water partition coefficient (Wildman–Crippen LogP) is 0.871. The van der Waals surface area contributed by atoms with Crippen LogP contribution in [0.15, 0.2) is 11.1 Å². The number of fused-ring (bicyclic) bond motifs is 1. The molecule has 0 aliphatic carbocycles. The number of thioether (sulfide) groups is 1. The van der Waals surface area contributed by atoms with Gasteiger partial charge in [0, 0.05) is 11.4 Å². The zero-order valence-electron chi connectivity index (χ0n) is 10.9. The Morgan fingerprint density at radius 1 is 1.21 bits per heavy atom. The van der Waals surface area contributed by atoms with Crippen LogP contribution in [-0.2, 0) is 0 Å². The van der Waals surface area contributed by atoms with Crippen LogP contribution in [0.25, 0.3) is 5.65 Å². The molecule has 0 saturated heterocycles. The lowest BCUT2D eigenvalue weighted by molar-refractivity contribution is 0.0967. The molecule has 0 unspecified atom stereocenters. The molecule has 19 heavy (non-hydrogen) atoms. The van der Waals surface area contributed by atoms with Crippen LogP contribution in [0.4, 0.5) is 0 Å². The maximum atomic E-state index is 11.6. The molecule has 7 heteroatoms. The van der Waals surface area contributed by atoms with Crippen molar-refractivity contribution in [3.63, 3.8) is 0 Å². The molecule has 0 aromatic carbocycles. The van der Waals surface area contributed by atoms with E-state index in [9.17, 15) is 9.59 Å². The second-order valence-electron chi connectivity index (χ2n) is 4.19. The minimum Gasteiger partial charge on any atom is -0.365 e. The number of aryl methyl sites for hydroxylation is 2. The molecular weight excluding hydrogens is 264 g/mol. The molecule has 0 atom stereocenters. The monoisotopic (exact) mass is 278 g/mol. The molecule has 0 fully saturated rings. The number of amides is 2. The SMILES string of the molecule is CSc1c(C(N)=O)c(C(N)=O)c2nc(C)cc(C)n12. The molecule has 2 rings (SSSR count). The molecule has 2 amide bonds. The second kappa shape index (κ2) is 4.58. The molecule has 0 radical (unpaired) electrons. The molecule has 2 aromatic rings. The van der Waals surface area contributed by atoms with E-state index in [1.54, 1.807) is 10.7 Å². The molecule has 0 saturated carbocycles. The lowest BCUT2D eigenvalue weighted by Gasteiger charge is -2.05. The summed E-state index contributed by atoms with van der Waals surface area (Å²) in [6, 6.07) is 1.86. The van der Waals surface area contributed by atoms with Crippen LogP contribution in [0.1, 0.15) is 32.1 Å². The third-order valence-electron chi connectivity index (χ3n) is 2.84. The first-order valence-electron chi connectivity index (χ1n) is 5.54. The van der Waals surface area contributed by atoms with E-state index in [0.717, 1.165) is 11.4 Å². The minimum absolute atomic E-state index is 0.0867. The Bertz CT molecular complexity index is 706. The fourth-order valence-corrected chi connectivity index (χ4v) is 3.01. The summed E-state index contributed by atoms with van der Waals surface area (Å²) in [4.78, 5) is 27.6. The summed E-state index contributed by atoms with van der Waals surface area (Å²) >= 11 is 1.33. The average Bonchev–Trinajstić information content (AvgIpc) is 2.63. The topological polar surface area (TPSA) is 103 Å². The first-order chi connectivity index (χ1) is 8.88. The van der Waals surface area contributed by atoms with Gasteiger partial charge in [-0.1, -0.05) is 0 Å². The number of carbonyl (C=O) groups excluding carboxylic acids is 2. The fraction of sp³-hybridized carbons (Fsp3) is 0.250. The van der Waals surface area contributed by atoms with Gasteiger partial charge in [-0.2, -0.15) is 0 Å². The fourth-order valence-electron chi connectivity index (χ4n) is 2.19. The molecule has 0 spiro atoms. The van der Waals surface area contributed by atoms with E-state index in [1.165, 1.54) is 11.8 Å². The van der Waals surface area contributed by atoms with Gasteiger partial charge >= 0.3 is 0 Å². The predicted molar refractivity (Wildman–Crippen MR) is 73.5 cm³/mol. The van der Waals surface area contributed by atoms with Crippen LogP contribution in [0.5, 0.6) is 0 Å². The quantitative estimate of drug-likeness (QED) is 0.813. The standard InChI is InChI=1S/C12H14N4O2S/c1-5-4-6(2)16-11(15-5)7(9(13)17)8(10(14)18)12(16)19-3/h4H,1-3H3,(H2,13,17)(H2,14,18). The van der Waals surface area contributed by atoms with Crippen molar-refractivity contribution in [3.8, 4) is 0 Å². The van der Waals surface area contributed by atoms with Crippen LogP contribution in [0, 0.1) is 13.8 Å². The second-order valence-corrected chi connectivity index (χ2v) is 4.98. The Balaban J connectivity index is 3.08. The zero-order chi connectivity index (χ0) is 14.3. The minimum atomic E-state index is -0.705. The van der Waals surface area contributed by atoms with Crippen molar-refractivity contribution >= 4 is 29.2 Å². The van der Waals surface area contributed by atoms with Gasteiger partial charge in [0.1, 0.15) is 0 Å². The van der Waals surface area contributed by atoms with Gasteiger partial charge < -0.3 is 11.5 Å².